The molecular weight excluding hydrogens is 454 g/mol. The number of hydrogen-bond donors (Lipinski definition) is 2. The maximum absolute atomic E-state index is 12.5. The van der Waals surface area contributed by atoms with E-state index in [1.165, 1.54) is 89.9 Å². The van der Waals surface area contributed by atoms with Crippen LogP contribution in [0.3, 0.4) is 0 Å². The quantitative estimate of drug-likeness (QED) is 0.109. The van der Waals surface area contributed by atoms with Gasteiger partial charge < -0.3 is 10.2 Å². The van der Waals surface area contributed by atoms with Gasteiger partial charge in [0.25, 0.3) is 0 Å². The van der Waals surface area contributed by atoms with E-state index in [4.69, 9.17) is 0 Å². The van der Waals surface area contributed by atoms with Gasteiger partial charge in [0.05, 0.1) is 18.2 Å². The van der Waals surface area contributed by atoms with Gasteiger partial charge in [0.2, 0.25) is 0 Å². The summed E-state index contributed by atoms with van der Waals surface area (Å²) in [6.45, 7) is 7.14. The van der Waals surface area contributed by atoms with Crippen LogP contribution in [0.5, 0.6) is 0 Å². The fourth-order valence-corrected chi connectivity index (χ4v) is 5.41. The number of carbonyl (C=O) groups excluding carboxylic acids is 1. The van der Waals surface area contributed by atoms with E-state index in [1.54, 1.807) is 18.7 Å². The number of hydrogen-bond acceptors (Lipinski definition) is 5. The lowest BCUT2D eigenvalue weighted by molar-refractivity contribution is -0.123. The fraction of sp³-hybridized carbons (Fsp3) is 0.967. The molecule has 0 aliphatic carbocycles. The third-order valence-electron chi connectivity index (χ3n) is 7.18. The number of carbonyl (C=O) groups is 1. The molecule has 0 radical (unpaired) electrons. The molecule has 0 fully saturated rings. The van der Waals surface area contributed by atoms with Crippen molar-refractivity contribution in [1.82, 2.24) is 4.90 Å². The molecule has 0 aliphatic rings. The van der Waals surface area contributed by atoms with E-state index in [1.807, 2.05) is 0 Å². The van der Waals surface area contributed by atoms with Crippen molar-refractivity contribution in [3.8, 4) is 0 Å². The van der Waals surface area contributed by atoms with E-state index in [2.05, 4.69) is 25.0 Å². The van der Waals surface area contributed by atoms with Crippen molar-refractivity contribution in [2.75, 3.05) is 25.1 Å². The Balaban J connectivity index is 4.48. The Bertz CT molecular complexity index is 435. The first-order chi connectivity index (χ1) is 17.0. The highest BCUT2D eigenvalue weighted by molar-refractivity contribution is 7.98. The smallest absolute Gasteiger partial charge is 0.146 e. The molecule has 3 unspecified atom stereocenters. The molecule has 0 rings (SSSR count). The van der Waals surface area contributed by atoms with Gasteiger partial charge in [-0.25, -0.2) is 0 Å². The van der Waals surface area contributed by atoms with Crippen LogP contribution >= 0.6 is 11.8 Å². The molecule has 0 aromatic heterocycles. The minimum Gasteiger partial charge on any atom is -0.392 e. The first-order valence-electron chi connectivity index (χ1n) is 15.1. The summed E-state index contributed by atoms with van der Waals surface area (Å²) in [5.74, 6) is 1.07. The van der Waals surface area contributed by atoms with E-state index < -0.39 is 12.2 Å². The van der Waals surface area contributed by atoms with Crippen LogP contribution in [0.25, 0.3) is 0 Å². The first-order valence-corrected chi connectivity index (χ1v) is 16.4. The molecule has 3 atom stereocenters. The summed E-state index contributed by atoms with van der Waals surface area (Å²) in [5, 5.41) is 21.5. The maximum Gasteiger partial charge on any atom is 0.146 e. The van der Waals surface area contributed by atoms with Crippen molar-refractivity contribution >= 4 is 17.5 Å². The van der Waals surface area contributed by atoms with Gasteiger partial charge in [-0.3, -0.25) is 9.69 Å². The van der Waals surface area contributed by atoms with Crippen LogP contribution in [0.1, 0.15) is 143 Å². The Morgan fingerprint density at radius 3 is 1.37 bits per heavy atom. The Morgan fingerprint density at radius 1 is 0.657 bits per heavy atom. The molecule has 5 heteroatoms. The predicted octanol–water partition coefficient (Wildman–Crippen LogP) is 7.78. The van der Waals surface area contributed by atoms with Gasteiger partial charge in [0, 0.05) is 13.1 Å². The number of unbranched alkanes of at least 4 members (excludes halogenated alkanes) is 14. The summed E-state index contributed by atoms with van der Waals surface area (Å²) in [6.07, 6.45) is 23.7. The number of aliphatic hydroxyl groups excluding tert-OH is 2. The zero-order valence-corrected chi connectivity index (χ0v) is 24.8. The molecule has 0 heterocycles. The molecule has 0 aromatic carbocycles. The summed E-state index contributed by atoms with van der Waals surface area (Å²) >= 11 is 1.75. The summed E-state index contributed by atoms with van der Waals surface area (Å²) < 4.78 is 0. The molecule has 4 nitrogen and oxygen atoms in total. The number of Topliss-reactive ketones (excluding diaryl/α,β-unsaturated/α-hetero) is 1. The van der Waals surface area contributed by atoms with Crippen molar-refractivity contribution < 1.29 is 15.0 Å². The van der Waals surface area contributed by atoms with Crippen molar-refractivity contribution in [3.05, 3.63) is 0 Å². The number of ketones is 1. The van der Waals surface area contributed by atoms with E-state index in [-0.39, 0.29) is 11.8 Å². The van der Waals surface area contributed by atoms with E-state index in [0.29, 0.717) is 13.1 Å². The van der Waals surface area contributed by atoms with Gasteiger partial charge in [0.1, 0.15) is 5.78 Å². The molecule has 35 heavy (non-hydrogen) atoms. The normalized spacial score (nSPS) is 14.4. The van der Waals surface area contributed by atoms with Crippen molar-refractivity contribution in [2.45, 2.75) is 161 Å². The highest BCUT2D eigenvalue weighted by Crippen LogP contribution is 2.17. The van der Waals surface area contributed by atoms with Crippen LogP contribution in [0, 0.1) is 0 Å². The molecule has 2 N–H and O–H groups in total. The van der Waals surface area contributed by atoms with E-state index in [9.17, 15) is 15.0 Å². The number of nitrogens with zero attached hydrogens (tertiary/aromatic N) is 1. The number of rotatable bonds is 27. The van der Waals surface area contributed by atoms with Crippen molar-refractivity contribution in [2.24, 2.45) is 0 Å². The van der Waals surface area contributed by atoms with Crippen LogP contribution in [0.15, 0.2) is 0 Å². The number of aliphatic hydroxyl groups is 2. The lowest BCUT2D eigenvalue weighted by Crippen LogP contribution is -2.48. The van der Waals surface area contributed by atoms with Crippen LogP contribution in [0.2, 0.25) is 0 Å². The van der Waals surface area contributed by atoms with Gasteiger partial charge in [-0.05, 0) is 38.2 Å². The second-order valence-electron chi connectivity index (χ2n) is 10.7. The fourth-order valence-electron chi connectivity index (χ4n) is 4.95. The topological polar surface area (TPSA) is 60.8 Å². The lowest BCUT2D eigenvalue weighted by Gasteiger charge is -2.33. The highest BCUT2D eigenvalue weighted by atomic mass is 32.2. The van der Waals surface area contributed by atoms with Crippen molar-refractivity contribution in [3.63, 3.8) is 0 Å². The highest BCUT2D eigenvalue weighted by Gasteiger charge is 2.26. The van der Waals surface area contributed by atoms with Crippen LogP contribution < -0.4 is 0 Å². The van der Waals surface area contributed by atoms with Gasteiger partial charge >= 0.3 is 0 Å². The Morgan fingerprint density at radius 2 is 1.03 bits per heavy atom. The monoisotopic (exact) mass is 515 g/mol. The third kappa shape index (κ3) is 21.7. The average molecular weight is 516 g/mol. The zero-order valence-electron chi connectivity index (χ0n) is 23.9. The number of thioether (sulfide) groups is 1. The lowest BCUT2D eigenvalue weighted by atomic mass is 10.0. The second-order valence-corrected chi connectivity index (χ2v) is 11.7. The molecule has 0 spiro atoms. The van der Waals surface area contributed by atoms with Crippen LogP contribution in [-0.2, 0) is 4.79 Å². The van der Waals surface area contributed by atoms with E-state index in [0.717, 1.165) is 37.9 Å². The van der Waals surface area contributed by atoms with Crippen molar-refractivity contribution in [1.29, 1.82) is 0 Å². The zero-order chi connectivity index (χ0) is 26.2. The predicted molar refractivity (Wildman–Crippen MR) is 156 cm³/mol. The molecule has 0 aromatic rings. The summed E-state index contributed by atoms with van der Waals surface area (Å²) in [5.41, 5.74) is 0. The summed E-state index contributed by atoms with van der Waals surface area (Å²) in [7, 11) is 0. The van der Waals surface area contributed by atoms with Gasteiger partial charge in [-0.1, -0.05) is 117 Å². The Labute approximate surface area is 223 Å². The molecule has 210 valence electrons. The van der Waals surface area contributed by atoms with Crippen LogP contribution in [-0.4, -0.2) is 64.2 Å². The van der Waals surface area contributed by atoms with Crippen LogP contribution in [0.4, 0.5) is 0 Å². The van der Waals surface area contributed by atoms with Gasteiger partial charge in [-0.2, -0.15) is 11.8 Å². The minimum absolute atomic E-state index is 0.151. The SMILES string of the molecule is CCCCCCCCCCC(O)CN(CC(O)CCCCCCCCCC)C(CCSC)C(C)=O. The molecule has 0 saturated carbocycles. The Hall–Kier alpha value is -0.100. The minimum atomic E-state index is -0.429. The average Bonchev–Trinajstić information content (AvgIpc) is 2.82. The maximum atomic E-state index is 12.5. The summed E-state index contributed by atoms with van der Waals surface area (Å²) in [6, 6.07) is -0.205. The van der Waals surface area contributed by atoms with Gasteiger partial charge in [-0.15, -0.1) is 0 Å². The first kappa shape index (κ1) is 34.9. The second kappa shape index (κ2) is 25.5. The van der Waals surface area contributed by atoms with E-state index >= 15 is 0 Å². The Kier molecular flexibility index (Phi) is 25.5. The summed E-state index contributed by atoms with van der Waals surface area (Å²) in [4.78, 5) is 14.5. The largest absolute Gasteiger partial charge is 0.392 e. The van der Waals surface area contributed by atoms with Gasteiger partial charge in [0.15, 0.2) is 0 Å². The molecule has 0 aliphatic heterocycles. The standard InChI is InChI=1S/C30H61NO3S/c1-5-7-9-11-13-15-17-19-21-28(33)25-31(30(27(3)32)23-24-35-4)26-29(34)22-20-18-16-14-12-10-8-6-2/h28-30,33-34H,5-26H2,1-4H3. The molecular formula is C30H61NO3S. The third-order valence-corrected chi connectivity index (χ3v) is 7.82. The molecule has 0 saturated heterocycles. The molecule has 0 bridgehead atoms. The molecule has 0 amide bonds.